The summed E-state index contributed by atoms with van der Waals surface area (Å²) in [5.41, 5.74) is 1.33. The molecule has 1 nitrogen and oxygen atoms in total. The summed E-state index contributed by atoms with van der Waals surface area (Å²) >= 11 is 0. The molecular formula is C14H20FN. The quantitative estimate of drug-likeness (QED) is 0.738. The average Bonchev–Trinajstić information content (AvgIpc) is 2.29. The lowest BCUT2D eigenvalue weighted by Crippen LogP contribution is -2.42. The van der Waals surface area contributed by atoms with E-state index < -0.39 is 6.17 Å². The summed E-state index contributed by atoms with van der Waals surface area (Å²) in [5, 5.41) is 0. The maximum atomic E-state index is 13.2. The van der Waals surface area contributed by atoms with Gasteiger partial charge in [-0.2, -0.15) is 0 Å². The van der Waals surface area contributed by atoms with Crippen LogP contribution in [0.5, 0.6) is 0 Å². The summed E-state index contributed by atoms with van der Waals surface area (Å²) in [6.45, 7) is 5.22. The normalized spacial score (nSPS) is 28.9. The topological polar surface area (TPSA) is 3.24 Å². The van der Waals surface area contributed by atoms with Gasteiger partial charge in [-0.05, 0) is 32.3 Å². The molecule has 1 fully saturated rings. The van der Waals surface area contributed by atoms with Gasteiger partial charge in [-0.1, -0.05) is 30.3 Å². The Kier molecular flexibility index (Phi) is 3.59. The van der Waals surface area contributed by atoms with Crippen molar-refractivity contribution in [2.24, 2.45) is 0 Å². The smallest absolute Gasteiger partial charge is 0.103 e. The van der Waals surface area contributed by atoms with Crippen LogP contribution in [0.3, 0.4) is 0 Å². The molecule has 1 heterocycles. The number of halogens is 1. The summed E-state index contributed by atoms with van der Waals surface area (Å²) in [7, 11) is 0. The minimum atomic E-state index is -0.603. The van der Waals surface area contributed by atoms with Gasteiger partial charge in [0.05, 0.1) is 0 Å². The van der Waals surface area contributed by atoms with Crippen LogP contribution in [-0.2, 0) is 0 Å². The number of alkyl halides is 1. The molecule has 1 aliphatic heterocycles. The third-order valence-corrected chi connectivity index (χ3v) is 3.64. The number of hydrogen-bond donors (Lipinski definition) is 0. The maximum Gasteiger partial charge on any atom is 0.103 e. The van der Waals surface area contributed by atoms with Gasteiger partial charge in [-0.25, -0.2) is 4.39 Å². The van der Waals surface area contributed by atoms with E-state index in [2.05, 4.69) is 43.0 Å². The molecule has 88 valence electrons. The van der Waals surface area contributed by atoms with Crippen molar-refractivity contribution in [3.8, 4) is 0 Å². The number of hydrogen-bond acceptors (Lipinski definition) is 1. The number of likely N-dealkylation sites (tertiary alicyclic amines) is 1. The van der Waals surface area contributed by atoms with Crippen molar-refractivity contribution in [1.29, 1.82) is 0 Å². The Labute approximate surface area is 97.3 Å². The molecule has 1 saturated heterocycles. The first-order valence-electron chi connectivity index (χ1n) is 6.13. The first-order chi connectivity index (χ1) is 7.68. The fourth-order valence-corrected chi connectivity index (χ4v) is 2.63. The zero-order valence-electron chi connectivity index (χ0n) is 10.1. The van der Waals surface area contributed by atoms with Crippen LogP contribution in [0.2, 0.25) is 0 Å². The van der Waals surface area contributed by atoms with E-state index in [9.17, 15) is 4.39 Å². The molecule has 0 saturated carbocycles. The molecule has 1 aliphatic rings. The van der Waals surface area contributed by atoms with Crippen molar-refractivity contribution < 1.29 is 4.39 Å². The summed E-state index contributed by atoms with van der Waals surface area (Å²) in [5.74, 6) is 0. The van der Waals surface area contributed by atoms with Gasteiger partial charge in [0.25, 0.3) is 0 Å². The van der Waals surface area contributed by atoms with Crippen LogP contribution in [0.15, 0.2) is 30.3 Å². The number of piperidine rings is 1. The minimum absolute atomic E-state index is 0.346. The predicted octanol–water partition coefficient (Wildman–Crippen LogP) is 3.57. The first-order valence-corrected chi connectivity index (χ1v) is 6.13. The van der Waals surface area contributed by atoms with Crippen molar-refractivity contribution in [2.45, 2.75) is 44.9 Å². The van der Waals surface area contributed by atoms with Crippen LogP contribution in [0, 0.1) is 0 Å². The second-order valence-electron chi connectivity index (χ2n) is 4.80. The Morgan fingerprint density at radius 3 is 2.62 bits per heavy atom. The number of rotatable bonds is 2. The first kappa shape index (κ1) is 11.6. The van der Waals surface area contributed by atoms with E-state index in [0.717, 1.165) is 6.54 Å². The van der Waals surface area contributed by atoms with Crippen LogP contribution in [0.1, 0.15) is 38.3 Å². The fraction of sp³-hybridized carbons (Fsp3) is 0.571. The van der Waals surface area contributed by atoms with Gasteiger partial charge in [-0.3, -0.25) is 4.90 Å². The SMILES string of the molecule is CC1CC(F)CCN1[C@H](C)c1ccccc1. The molecule has 2 rings (SSSR count). The van der Waals surface area contributed by atoms with Crippen LogP contribution in [0.25, 0.3) is 0 Å². The van der Waals surface area contributed by atoms with Gasteiger partial charge in [-0.15, -0.1) is 0 Å². The van der Waals surface area contributed by atoms with Gasteiger partial charge in [0.2, 0.25) is 0 Å². The Morgan fingerprint density at radius 2 is 2.00 bits per heavy atom. The Balaban J connectivity index is 2.07. The molecule has 0 spiro atoms. The Bertz CT molecular complexity index is 325. The highest BCUT2D eigenvalue weighted by molar-refractivity contribution is 5.18. The fourth-order valence-electron chi connectivity index (χ4n) is 2.63. The monoisotopic (exact) mass is 221 g/mol. The number of nitrogens with zero attached hydrogens (tertiary/aromatic N) is 1. The molecule has 16 heavy (non-hydrogen) atoms. The van der Waals surface area contributed by atoms with E-state index >= 15 is 0 Å². The van der Waals surface area contributed by atoms with Crippen LogP contribution in [0.4, 0.5) is 4.39 Å². The van der Waals surface area contributed by atoms with E-state index in [1.807, 2.05) is 6.07 Å². The summed E-state index contributed by atoms with van der Waals surface area (Å²) in [6.07, 6.45) is 0.757. The molecule has 2 heteroatoms. The number of benzene rings is 1. The molecule has 2 unspecified atom stereocenters. The molecule has 0 radical (unpaired) electrons. The highest BCUT2D eigenvalue weighted by atomic mass is 19.1. The zero-order chi connectivity index (χ0) is 11.5. The third kappa shape index (κ3) is 2.43. The lowest BCUT2D eigenvalue weighted by atomic mass is 9.97. The van der Waals surface area contributed by atoms with Crippen molar-refractivity contribution in [3.05, 3.63) is 35.9 Å². The molecule has 0 amide bonds. The van der Waals surface area contributed by atoms with E-state index in [1.165, 1.54) is 5.56 Å². The summed E-state index contributed by atoms with van der Waals surface area (Å²) in [4.78, 5) is 2.41. The second kappa shape index (κ2) is 4.96. The zero-order valence-corrected chi connectivity index (χ0v) is 10.1. The summed E-state index contributed by atoms with van der Waals surface area (Å²) in [6, 6.07) is 11.2. The lowest BCUT2D eigenvalue weighted by Gasteiger charge is -2.39. The van der Waals surface area contributed by atoms with E-state index in [1.54, 1.807) is 0 Å². The van der Waals surface area contributed by atoms with E-state index in [0.29, 0.717) is 24.9 Å². The van der Waals surface area contributed by atoms with Gasteiger partial charge < -0.3 is 0 Å². The van der Waals surface area contributed by atoms with Crippen molar-refractivity contribution in [1.82, 2.24) is 4.90 Å². The molecule has 0 N–H and O–H groups in total. The van der Waals surface area contributed by atoms with Gasteiger partial charge in [0.1, 0.15) is 6.17 Å². The molecule has 0 aliphatic carbocycles. The van der Waals surface area contributed by atoms with Gasteiger partial charge in [0.15, 0.2) is 0 Å². The molecule has 0 bridgehead atoms. The average molecular weight is 221 g/mol. The van der Waals surface area contributed by atoms with E-state index in [-0.39, 0.29) is 0 Å². The van der Waals surface area contributed by atoms with Gasteiger partial charge >= 0.3 is 0 Å². The predicted molar refractivity (Wildman–Crippen MR) is 65.2 cm³/mol. The van der Waals surface area contributed by atoms with Crippen molar-refractivity contribution >= 4 is 0 Å². The standard InChI is InChI=1S/C14H20FN/c1-11-10-14(15)8-9-16(11)12(2)13-6-4-3-5-7-13/h3-7,11-12,14H,8-10H2,1-2H3/t11?,12-,14?/m1/s1. The summed E-state index contributed by atoms with van der Waals surface area (Å²) < 4.78 is 13.2. The van der Waals surface area contributed by atoms with Crippen molar-refractivity contribution in [2.75, 3.05) is 6.54 Å². The largest absolute Gasteiger partial charge is 0.294 e. The van der Waals surface area contributed by atoms with Crippen molar-refractivity contribution in [3.63, 3.8) is 0 Å². The highest BCUT2D eigenvalue weighted by Crippen LogP contribution is 2.29. The molecule has 1 aromatic carbocycles. The lowest BCUT2D eigenvalue weighted by molar-refractivity contribution is 0.0680. The molecule has 0 aromatic heterocycles. The molecular weight excluding hydrogens is 201 g/mol. The van der Waals surface area contributed by atoms with Crippen LogP contribution >= 0.6 is 0 Å². The van der Waals surface area contributed by atoms with Crippen LogP contribution in [-0.4, -0.2) is 23.7 Å². The second-order valence-corrected chi connectivity index (χ2v) is 4.80. The van der Waals surface area contributed by atoms with E-state index in [4.69, 9.17) is 0 Å². The Morgan fingerprint density at radius 1 is 1.31 bits per heavy atom. The maximum absolute atomic E-state index is 13.2. The third-order valence-electron chi connectivity index (χ3n) is 3.64. The van der Waals surface area contributed by atoms with Crippen LogP contribution < -0.4 is 0 Å². The highest BCUT2D eigenvalue weighted by Gasteiger charge is 2.28. The molecule has 3 atom stereocenters. The Hall–Kier alpha value is -0.890. The van der Waals surface area contributed by atoms with Gasteiger partial charge in [0, 0.05) is 18.6 Å². The minimum Gasteiger partial charge on any atom is -0.294 e. The molecule has 1 aromatic rings.